The van der Waals surface area contributed by atoms with Crippen molar-refractivity contribution in [1.29, 1.82) is 0 Å². The van der Waals surface area contributed by atoms with Gasteiger partial charge < -0.3 is 15.2 Å². The maximum Gasteiger partial charge on any atom is 0.322 e. The first kappa shape index (κ1) is 13.2. The van der Waals surface area contributed by atoms with Crippen molar-refractivity contribution in [2.45, 2.75) is 19.9 Å². The Hall–Kier alpha value is -1.86. The van der Waals surface area contributed by atoms with Crippen LogP contribution in [0.15, 0.2) is 6.20 Å². The number of ether oxygens (including phenoxy) is 1. The predicted octanol–water partition coefficient (Wildman–Crippen LogP) is 1.04. The lowest BCUT2D eigenvalue weighted by Gasteiger charge is -2.05. The summed E-state index contributed by atoms with van der Waals surface area (Å²) in [6.45, 7) is 1.23. The van der Waals surface area contributed by atoms with Gasteiger partial charge in [-0.3, -0.25) is 9.48 Å². The van der Waals surface area contributed by atoms with Gasteiger partial charge in [0.25, 0.3) is 12.3 Å². The standard InChI is InChI=1S/C9H13F2N3O3/c1-2-14-4-6(12-3-8(15)16)9(13-14)17-5-7(10)11/h4,7,12H,2-3,5H2,1H3,(H,15,16). The van der Waals surface area contributed by atoms with Gasteiger partial charge in [-0.25, -0.2) is 8.78 Å². The summed E-state index contributed by atoms with van der Waals surface area (Å²) in [5, 5.41) is 14.9. The summed E-state index contributed by atoms with van der Waals surface area (Å²) in [7, 11) is 0. The third-order valence-corrected chi connectivity index (χ3v) is 1.83. The van der Waals surface area contributed by atoms with E-state index in [1.807, 2.05) is 6.92 Å². The van der Waals surface area contributed by atoms with Gasteiger partial charge in [-0.1, -0.05) is 0 Å². The van der Waals surface area contributed by atoms with E-state index in [0.717, 1.165) is 0 Å². The van der Waals surface area contributed by atoms with Crippen molar-refractivity contribution in [2.75, 3.05) is 18.5 Å². The van der Waals surface area contributed by atoms with Gasteiger partial charge in [-0.15, -0.1) is 5.10 Å². The minimum absolute atomic E-state index is 0.0200. The first-order valence-electron chi connectivity index (χ1n) is 4.97. The molecule has 0 radical (unpaired) electrons. The molecule has 1 aromatic rings. The highest BCUT2D eigenvalue weighted by Gasteiger charge is 2.13. The Bertz CT molecular complexity index is 382. The molecule has 0 saturated carbocycles. The molecule has 0 aliphatic carbocycles. The second kappa shape index (κ2) is 6.02. The lowest BCUT2D eigenvalue weighted by Crippen LogP contribution is -2.13. The van der Waals surface area contributed by atoms with E-state index >= 15 is 0 Å². The van der Waals surface area contributed by atoms with Crippen molar-refractivity contribution in [3.63, 3.8) is 0 Å². The van der Waals surface area contributed by atoms with Crippen LogP contribution in [0.1, 0.15) is 6.92 Å². The number of nitrogens with zero attached hydrogens (tertiary/aromatic N) is 2. The quantitative estimate of drug-likeness (QED) is 0.755. The maximum atomic E-state index is 12.0. The highest BCUT2D eigenvalue weighted by atomic mass is 19.3. The number of hydrogen-bond donors (Lipinski definition) is 2. The van der Waals surface area contributed by atoms with Gasteiger partial charge in [0.15, 0.2) is 6.61 Å². The molecule has 8 heteroatoms. The molecule has 0 aliphatic heterocycles. The van der Waals surface area contributed by atoms with Gasteiger partial charge in [0, 0.05) is 6.54 Å². The average molecular weight is 249 g/mol. The Morgan fingerprint density at radius 2 is 2.41 bits per heavy atom. The molecule has 1 heterocycles. The monoisotopic (exact) mass is 249 g/mol. The minimum atomic E-state index is -2.60. The summed E-state index contributed by atoms with van der Waals surface area (Å²) in [6, 6.07) is 0. The van der Waals surface area contributed by atoms with E-state index in [0.29, 0.717) is 6.54 Å². The van der Waals surface area contributed by atoms with E-state index < -0.39 is 19.0 Å². The van der Waals surface area contributed by atoms with Crippen molar-refractivity contribution in [2.24, 2.45) is 0 Å². The molecule has 17 heavy (non-hydrogen) atoms. The summed E-state index contributed by atoms with van der Waals surface area (Å²) in [4.78, 5) is 10.4. The number of carboxylic acids is 1. The number of carboxylic acid groups (broad SMARTS) is 1. The molecule has 0 aliphatic rings. The highest BCUT2D eigenvalue weighted by Crippen LogP contribution is 2.22. The van der Waals surface area contributed by atoms with Crippen molar-refractivity contribution < 1.29 is 23.4 Å². The summed E-state index contributed by atoms with van der Waals surface area (Å²) < 4.78 is 30.2. The molecule has 0 unspecified atom stereocenters. The van der Waals surface area contributed by atoms with Crippen molar-refractivity contribution in [3.05, 3.63) is 6.20 Å². The van der Waals surface area contributed by atoms with Crippen LogP contribution in [0.2, 0.25) is 0 Å². The van der Waals surface area contributed by atoms with E-state index in [2.05, 4.69) is 10.4 Å². The van der Waals surface area contributed by atoms with Gasteiger partial charge >= 0.3 is 5.97 Å². The fraction of sp³-hybridized carbons (Fsp3) is 0.556. The third kappa shape index (κ3) is 4.25. The van der Waals surface area contributed by atoms with E-state index in [1.54, 1.807) is 0 Å². The average Bonchev–Trinajstić information content (AvgIpc) is 2.66. The second-order valence-electron chi connectivity index (χ2n) is 3.15. The number of aliphatic carboxylic acids is 1. The summed E-state index contributed by atoms with van der Waals surface area (Å²) in [5.41, 5.74) is 0.287. The van der Waals surface area contributed by atoms with Gasteiger partial charge in [0.05, 0.1) is 6.20 Å². The van der Waals surface area contributed by atoms with Crippen LogP contribution in [0.3, 0.4) is 0 Å². The Balaban J connectivity index is 2.70. The SMILES string of the molecule is CCn1cc(NCC(=O)O)c(OCC(F)F)n1. The van der Waals surface area contributed by atoms with Crippen LogP contribution in [0.4, 0.5) is 14.5 Å². The summed E-state index contributed by atoms with van der Waals surface area (Å²) >= 11 is 0. The molecule has 0 fully saturated rings. The van der Waals surface area contributed by atoms with Crippen LogP contribution >= 0.6 is 0 Å². The minimum Gasteiger partial charge on any atom is -0.480 e. The fourth-order valence-corrected chi connectivity index (χ4v) is 1.11. The molecule has 0 saturated heterocycles. The van der Waals surface area contributed by atoms with Crippen LogP contribution in [-0.4, -0.2) is 40.4 Å². The number of aryl methyl sites for hydroxylation is 1. The molecule has 96 valence electrons. The van der Waals surface area contributed by atoms with Crippen molar-refractivity contribution >= 4 is 11.7 Å². The molecule has 0 aromatic carbocycles. The van der Waals surface area contributed by atoms with Crippen LogP contribution < -0.4 is 10.1 Å². The Morgan fingerprint density at radius 3 is 2.94 bits per heavy atom. The third-order valence-electron chi connectivity index (χ3n) is 1.83. The van der Waals surface area contributed by atoms with Gasteiger partial charge in [-0.2, -0.15) is 0 Å². The molecule has 0 spiro atoms. The normalized spacial score (nSPS) is 10.6. The second-order valence-corrected chi connectivity index (χ2v) is 3.15. The van der Waals surface area contributed by atoms with E-state index in [9.17, 15) is 13.6 Å². The number of hydrogen-bond acceptors (Lipinski definition) is 4. The molecular weight excluding hydrogens is 236 g/mol. The lowest BCUT2D eigenvalue weighted by molar-refractivity contribution is -0.134. The summed E-state index contributed by atoms with van der Waals surface area (Å²) in [6.07, 6.45) is -1.10. The molecule has 0 bridgehead atoms. The zero-order valence-corrected chi connectivity index (χ0v) is 9.19. The number of rotatable bonds is 7. The number of aromatic nitrogens is 2. The van der Waals surface area contributed by atoms with E-state index in [1.165, 1.54) is 10.9 Å². The smallest absolute Gasteiger partial charge is 0.322 e. The van der Waals surface area contributed by atoms with Crippen LogP contribution in [-0.2, 0) is 11.3 Å². The zero-order valence-electron chi connectivity index (χ0n) is 9.19. The first-order chi connectivity index (χ1) is 8.02. The molecule has 0 amide bonds. The van der Waals surface area contributed by atoms with Gasteiger partial charge in [-0.05, 0) is 6.92 Å². The van der Waals surface area contributed by atoms with Crippen molar-refractivity contribution in [1.82, 2.24) is 9.78 Å². The predicted molar refractivity (Wildman–Crippen MR) is 55.5 cm³/mol. The maximum absolute atomic E-state index is 12.0. The number of anilines is 1. The van der Waals surface area contributed by atoms with Gasteiger partial charge in [0.2, 0.25) is 0 Å². The molecular formula is C9H13F2N3O3. The number of halogens is 2. The molecule has 0 atom stereocenters. The molecule has 1 aromatic heterocycles. The van der Waals surface area contributed by atoms with Gasteiger partial charge in [0.1, 0.15) is 12.2 Å². The van der Waals surface area contributed by atoms with Crippen molar-refractivity contribution in [3.8, 4) is 5.88 Å². The number of nitrogens with one attached hydrogen (secondary N) is 1. The molecule has 2 N–H and O–H groups in total. The number of carbonyl (C=O) groups is 1. The fourth-order valence-electron chi connectivity index (χ4n) is 1.11. The van der Waals surface area contributed by atoms with Crippen LogP contribution in [0, 0.1) is 0 Å². The topological polar surface area (TPSA) is 76.4 Å². The van der Waals surface area contributed by atoms with E-state index in [-0.39, 0.29) is 18.1 Å². The zero-order chi connectivity index (χ0) is 12.8. The highest BCUT2D eigenvalue weighted by molar-refractivity contribution is 5.73. The summed E-state index contributed by atoms with van der Waals surface area (Å²) in [5.74, 6) is -1.08. The Labute approximate surface area is 96.2 Å². The Morgan fingerprint density at radius 1 is 1.71 bits per heavy atom. The first-order valence-corrected chi connectivity index (χ1v) is 4.97. The van der Waals surface area contributed by atoms with Crippen LogP contribution in [0.5, 0.6) is 5.88 Å². The van der Waals surface area contributed by atoms with Crippen LogP contribution in [0.25, 0.3) is 0 Å². The number of alkyl halides is 2. The van der Waals surface area contributed by atoms with E-state index in [4.69, 9.17) is 9.84 Å². The molecule has 1 rings (SSSR count). The molecule has 6 nitrogen and oxygen atoms in total. The Kier molecular flexibility index (Phi) is 4.68. The largest absolute Gasteiger partial charge is 0.480 e. The lowest BCUT2D eigenvalue weighted by atomic mass is 10.5.